The molecule has 1 saturated heterocycles. The number of nitrogens with zero attached hydrogens (tertiary/aromatic N) is 1. The molecule has 1 aliphatic rings. The van der Waals surface area contributed by atoms with Crippen LogP contribution in [0.1, 0.15) is 47.0 Å². The average Bonchev–Trinajstić information content (AvgIpc) is 2.12. The van der Waals surface area contributed by atoms with E-state index in [0.29, 0.717) is 6.42 Å². The summed E-state index contributed by atoms with van der Waals surface area (Å²) in [6, 6.07) is 0. The van der Waals surface area contributed by atoms with Crippen molar-refractivity contribution in [1.29, 1.82) is 0 Å². The second kappa shape index (κ2) is 5.67. The predicted molar refractivity (Wildman–Crippen MR) is 67.4 cm³/mol. The molecule has 0 aromatic heterocycles. The molecule has 0 aromatic rings. The summed E-state index contributed by atoms with van der Waals surface area (Å²) in [5, 5.41) is 3.00. The molecular formula is C13H26N2O. The Morgan fingerprint density at radius 2 is 2.12 bits per heavy atom. The van der Waals surface area contributed by atoms with Crippen LogP contribution in [-0.4, -0.2) is 36.0 Å². The Morgan fingerprint density at radius 3 is 2.69 bits per heavy atom. The maximum atomic E-state index is 11.6. The average molecular weight is 226 g/mol. The Bertz CT molecular complexity index is 233. The van der Waals surface area contributed by atoms with Crippen LogP contribution in [0.2, 0.25) is 0 Å². The molecule has 1 aliphatic heterocycles. The van der Waals surface area contributed by atoms with Gasteiger partial charge in [0.25, 0.3) is 0 Å². The zero-order chi connectivity index (χ0) is 12.2. The minimum atomic E-state index is -0.105. The molecule has 1 rings (SSSR count). The topological polar surface area (TPSA) is 32.3 Å². The van der Waals surface area contributed by atoms with Gasteiger partial charge in [-0.3, -0.25) is 4.79 Å². The first-order valence-corrected chi connectivity index (χ1v) is 6.40. The zero-order valence-corrected chi connectivity index (χ0v) is 11.2. The van der Waals surface area contributed by atoms with Gasteiger partial charge in [0, 0.05) is 25.0 Å². The molecule has 0 aliphatic carbocycles. The molecule has 16 heavy (non-hydrogen) atoms. The third-order valence-corrected chi connectivity index (χ3v) is 2.91. The smallest absolute Gasteiger partial charge is 0.221 e. The van der Waals surface area contributed by atoms with Crippen LogP contribution in [0.15, 0.2) is 0 Å². The summed E-state index contributed by atoms with van der Waals surface area (Å²) in [4.78, 5) is 14.1. The molecule has 94 valence electrons. The lowest BCUT2D eigenvalue weighted by Crippen LogP contribution is -2.43. The number of hydrogen-bond donors (Lipinski definition) is 1. The van der Waals surface area contributed by atoms with Crippen molar-refractivity contribution in [1.82, 2.24) is 10.2 Å². The molecule has 3 heteroatoms. The molecule has 1 atom stereocenters. The van der Waals surface area contributed by atoms with Crippen molar-refractivity contribution < 1.29 is 4.79 Å². The molecular weight excluding hydrogens is 200 g/mol. The maximum absolute atomic E-state index is 11.6. The summed E-state index contributed by atoms with van der Waals surface area (Å²) in [7, 11) is 0. The fraction of sp³-hybridized carbons (Fsp3) is 0.923. The van der Waals surface area contributed by atoms with Gasteiger partial charge in [0.1, 0.15) is 0 Å². The first-order chi connectivity index (χ1) is 7.37. The minimum Gasteiger partial charge on any atom is -0.351 e. The first kappa shape index (κ1) is 13.5. The molecule has 1 fully saturated rings. The predicted octanol–water partition coefficient (Wildman–Crippen LogP) is 2.02. The summed E-state index contributed by atoms with van der Waals surface area (Å²) in [5.74, 6) is 0.963. The molecule has 3 nitrogen and oxygen atoms in total. The van der Waals surface area contributed by atoms with Crippen LogP contribution in [0.5, 0.6) is 0 Å². The second-order valence-corrected chi connectivity index (χ2v) is 6.10. The van der Waals surface area contributed by atoms with E-state index in [1.54, 1.807) is 0 Å². The van der Waals surface area contributed by atoms with Gasteiger partial charge < -0.3 is 10.2 Å². The van der Waals surface area contributed by atoms with E-state index < -0.39 is 0 Å². The Morgan fingerprint density at radius 1 is 1.44 bits per heavy atom. The lowest BCUT2D eigenvalue weighted by molar-refractivity contribution is -0.122. The van der Waals surface area contributed by atoms with Crippen molar-refractivity contribution in [2.24, 2.45) is 5.92 Å². The van der Waals surface area contributed by atoms with Gasteiger partial charge in [-0.25, -0.2) is 0 Å². The quantitative estimate of drug-likeness (QED) is 0.798. The van der Waals surface area contributed by atoms with Gasteiger partial charge in [-0.05, 0) is 46.1 Å². The van der Waals surface area contributed by atoms with E-state index in [4.69, 9.17) is 0 Å². The summed E-state index contributed by atoms with van der Waals surface area (Å²) in [6.45, 7) is 11.6. The molecule has 0 aromatic carbocycles. The number of rotatable bonds is 3. The number of piperidine rings is 1. The van der Waals surface area contributed by atoms with Gasteiger partial charge in [-0.15, -0.1) is 0 Å². The van der Waals surface area contributed by atoms with E-state index in [9.17, 15) is 4.79 Å². The van der Waals surface area contributed by atoms with Gasteiger partial charge in [0.05, 0.1) is 0 Å². The second-order valence-electron chi connectivity index (χ2n) is 6.10. The molecule has 1 heterocycles. The number of carbonyl (C=O) groups is 1. The molecule has 1 unspecified atom stereocenters. The number of nitrogens with one attached hydrogen (secondary N) is 1. The Labute approximate surface area is 99.6 Å². The van der Waals surface area contributed by atoms with Gasteiger partial charge >= 0.3 is 0 Å². The van der Waals surface area contributed by atoms with Gasteiger partial charge in [-0.1, -0.05) is 6.92 Å². The maximum Gasteiger partial charge on any atom is 0.221 e. The van der Waals surface area contributed by atoms with Crippen molar-refractivity contribution in [3.05, 3.63) is 0 Å². The van der Waals surface area contributed by atoms with Crippen molar-refractivity contribution in [3.8, 4) is 0 Å². The molecule has 0 radical (unpaired) electrons. The van der Waals surface area contributed by atoms with Crippen molar-refractivity contribution >= 4 is 5.91 Å². The third kappa shape index (κ3) is 5.50. The zero-order valence-electron chi connectivity index (χ0n) is 11.2. The summed E-state index contributed by atoms with van der Waals surface area (Å²) < 4.78 is 0. The lowest BCUT2D eigenvalue weighted by Gasteiger charge is -2.31. The van der Waals surface area contributed by atoms with Crippen molar-refractivity contribution in [2.75, 3.05) is 19.6 Å². The van der Waals surface area contributed by atoms with Crippen LogP contribution in [0.25, 0.3) is 0 Å². The first-order valence-electron chi connectivity index (χ1n) is 6.40. The molecule has 0 spiro atoms. The standard InChI is InChI=1S/C13H26N2O/c1-11-6-5-8-15(10-11)9-7-12(16)14-13(2,3)4/h11H,5-10H2,1-4H3,(H,14,16). The largest absolute Gasteiger partial charge is 0.351 e. The highest BCUT2D eigenvalue weighted by atomic mass is 16.1. The summed E-state index contributed by atoms with van der Waals surface area (Å²) >= 11 is 0. The van der Waals surface area contributed by atoms with E-state index in [-0.39, 0.29) is 11.4 Å². The highest BCUT2D eigenvalue weighted by Gasteiger charge is 2.18. The van der Waals surface area contributed by atoms with Crippen LogP contribution in [-0.2, 0) is 4.79 Å². The van der Waals surface area contributed by atoms with E-state index in [1.807, 2.05) is 20.8 Å². The Kier molecular flexibility index (Phi) is 4.78. The van der Waals surface area contributed by atoms with Gasteiger partial charge in [0.15, 0.2) is 0 Å². The summed E-state index contributed by atoms with van der Waals surface area (Å²) in [6.07, 6.45) is 3.25. The van der Waals surface area contributed by atoms with Crippen molar-refractivity contribution in [2.45, 2.75) is 52.5 Å². The van der Waals surface area contributed by atoms with Crippen LogP contribution in [0.4, 0.5) is 0 Å². The summed E-state index contributed by atoms with van der Waals surface area (Å²) in [5.41, 5.74) is -0.105. The minimum absolute atomic E-state index is 0.105. The highest BCUT2D eigenvalue weighted by molar-refractivity contribution is 5.76. The van der Waals surface area contributed by atoms with E-state index in [2.05, 4.69) is 17.1 Å². The number of likely N-dealkylation sites (tertiary alicyclic amines) is 1. The van der Waals surface area contributed by atoms with E-state index >= 15 is 0 Å². The molecule has 0 saturated carbocycles. The fourth-order valence-corrected chi connectivity index (χ4v) is 2.23. The van der Waals surface area contributed by atoms with Crippen LogP contribution in [0.3, 0.4) is 0 Å². The monoisotopic (exact) mass is 226 g/mol. The molecule has 1 amide bonds. The number of amides is 1. The Balaban J connectivity index is 2.21. The van der Waals surface area contributed by atoms with Gasteiger partial charge in [0.2, 0.25) is 5.91 Å². The van der Waals surface area contributed by atoms with Crippen LogP contribution >= 0.6 is 0 Å². The van der Waals surface area contributed by atoms with E-state index in [0.717, 1.165) is 25.6 Å². The number of carbonyl (C=O) groups excluding carboxylic acids is 1. The lowest BCUT2D eigenvalue weighted by atomic mass is 10.0. The SMILES string of the molecule is CC1CCCN(CCC(=O)NC(C)(C)C)C1. The third-order valence-electron chi connectivity index (χ3n) is 2.91. The van der Waals surface area contributed by atoms with E-state index in [1.165, 1.54) is 12.8 Å². The van der Waals surface area contributed by atoms with Crippen LogP contribution in [0, 0.1) is 5.92 Å². The fourth-order valence-electron chi connectivity index (χ4n) is 2.23. The van der Waals surface area contributed by atoms with Gasteiger partial charge in [-0.2, -0.15) is 0 Å². The highest BCUT2D eigenvalue weighted by Crippen LogP contribution is 2.15. The molecule has 1 N–H and O–H groups in total. The molecule has 0 bridgehead atoms. The Hall–Kier alpha value is -0.570. The normalized spacial score (nSPS) is 23.1. The van der Waals surface area contributed by atoms with Crippen molar-refractivity contribution in [3.63, 3.8) is 0 Å². The van der Waals surface area contributed by atoms with Crippen LogP contribution < -0.4 is 5.32 Å². The number of hydrogen-bond acceptors (Lipinski definition) is 2.